The molecular formula is C17H26F3N3O3S. The van der Waals surface area contributed by atoms with E-state index in [1.54, 1.807) is 25.1 Å². The predicted molar refractivity (Wildman–Crippen MR) is 99.9 cm³/mol. The van der Waals surface area contributed by atoms with Crippen molar-refractivity contribution >= 4 is 15.8 Å². The van der Waals surface area contributed by atoms with Crippen molar-refractivity contribution < 1.29 is 26.3 Å². The van der Waals surface area contributed by atoms with Crippen molar-refractivity contribution in [2.45, 2.75) is 33.0 Å². The van der Waals surface area contributed by atoms with E-state index in [9.17, 15) is 21.6 Å². The van der Waals surface area contributed by atoms with E-state index in [-0.39, 0.29) is 18.0 Å². The maximum atomic E-state index is 12.4. The highest BCUT2D eigenvalue weighted by Crippen LogP contribution is 2.24. The lowest BCUT2D eigenvalue weighted by Gasteiger charge is -2.14. The number of hydrogen-bond donors (Lipinski definition) is 2. The topological polar surface area (TPSA) is 79.8 Å². The molecule has 0 saturated heterocycles. The first-order valence-corrected chi connectivity index (χ1v) is 10.5. The maximum Gasteiger partial charge on any atom is 0.422 e. The average molecular weight is 409 g/mol. The molecule has 6 nitrogen and oxygen atoms in total. The highest BCUT2D eigenvalue weighted by atomic mass is 32.2. The van der Waals surface area contributed by atoms with Crippen molar-refractivity contribution in [3.63, 3.8) is 0 Å². The van der Waals surface area contributed by atoms with Gasteiger partial charge in [0.15, 0.2) is 12.6 Å². The van der Waals surface area contributed by atoms with E-state index in [0.29, 0.717) is 31.0 Å². The summed E-state index contributed by atoms with van der Waals surface area (Å²) in [6.07, 6.45) is -2.82. The predicted octanol–water partition coefficient (Wildman–Crippen LogP) is 2.43. The maximum absolute atomic E-state index is 12.4. The number of nitrogens with one attached hydrogen (secondary N) is 2. The second-order valence-corrected chi connectivity index (χ2v) is 8.38. The summed E-state index contributed by atoms with van der Waals surface area (Å²) < 4.78 is 64.5. The number of guanidine groups is 1. The van der Waals surface area contributed by atoms with Crippen molar-refractivity contribution in [1.29, 1.82) is 0 Å². The van der Waals surface area contributed by atoms with E-state index in [1.807, 2.05) is 6.92 Å². The van der Waals surface area contributed by atoms with Gasteiger partial charge < -0.3 is 15.4 Å². The first-order valence-electron chi connectivity index (χ1n) is 8.49. The van der Waals surface area contributed by atoms with Gasteiger partial charge in [-0.2, -0.15) is 13.2 Å². The molecule has 0 saturated carbocycles. The smallest absolute Gasteiger partial charge is 0.422 e. The summed E-state index contributed by atoms with van der Waals surface area (Å²) in [7, 11) is -3.03. The number of rotatable bonds is 9. The molecule has 0 heterocycles. The minimum Gasteiger partial charge on any atom is -0.484 e. The first kappa shape index (κ1) is 23.1. The summed E-state index contributed by atoms with van der Waals surface area (Å²) >= 11 is 0. The molecule has 0 bridgehead atoms. The van der Waals surface area contributed by atoms with Gasteiger partial charge in [-0.1, -0.05) is 12.1 Å². The molecule has 2 N–H and O–H groups in total. The molecule has 0 aliphatic carbocycles. The van der Waals surface area contributed by atoms with E-state index < -0.39 is 22.6 Å². The van der Waals surface area contributed by atoms with Crippen LogP contribution in [0.25, 0.3) is 0 Å². The van der Waals surface area contributed by atoms with Crippen molar-refractivity contribution in [3.05, 3.63) is 29.3 Å². The highest BCUT2D eigenvalue weighted by Gasteiger charge is 2.28. The minimum atomic E-state index is -4.42. The van der Waals surface area contributed by atoms with E-state index >= 15 is 0 Å². The summed E-state index contributed by atoms with van der Waals surface area (Å²) in [6.45, 7) is 3.39. The summed E-state index contributed by atoms with van der Waals surface area (Å²) in [5, 5.41) is 6.01. The lowest BCUT2D eigenvalue weighted by molar-refractivity contribution is -0.153. The van der Waals surface area contributed by atoms with Crippen LogP contribution < -0.4 is 15.4 Å². The quantitative estimate of drug-likeness (QED) is 0.372. The molecule has 0 aliphatic heterocycles. The average Bonchev–Trinajstić information content (AvgIpc) is 2.54. The van der Waals surface area contributed by atoms with Crippen molar-refractivity contribution in [2.24, 2.45) is 4.99 Å². The van der Waals surface area contributed by atoms with Crippen LogP contribution in [-0.4, -0.2) is 52.3 Å². The van der Waals surface area contributed by atoms with E-state index in [4.69, 9.17) is 4.74 Å². The SMILES string of the molecule is CCNC(=NCc1ccc(C)cc1OCC(F)(F)F)NCCCS(C)(=O)=O. The molecule has 27 heavy (non-hydrogen) atoms. The molecule has 0 radical (unpaired) electrons. The zero-order chi connectivity index (χ0) is 20.5. The van der Waals surface area contributed by atoms with Crippen LogP contribution in [0.5, 0.6) is 5.75 Å². The van der Waals surface area contributed by atoms with Crippen LogP contribution in [-0.2, 0) is 16.4 Å². The van der Waals surface area contributed by atoms with Crippen LogP contribution in [0.1, 0.15) is 24.5 Å². The lowest BCUT2D eigenvalue weighted by Crippen LogP contribution is -2.38. The van der Waals surface area contributed by atoms with Crippen LogP contribution >= 0.6 is 0 Å². The first-order chi connectivity index (χ1) is 12.5. The van der Waals surface area contributed by atoms with E-state index in [2.05, 4.69) is 15.6 Å². The normalized spacial score (nSPS) is 12.7. The summed E-state index contributed by atoms with van der Waals surface area (Å²) in [5.41, 5.74) is 1.31. The largest absolute Gasteiger partial charge is 0.484 e. The molecule has 154 valence electrons. The number of hydrogen-bond acceptors (Lipinski definition) is 4. The Balaban J connectivity index is 2.77. The van der Waals surface area contributed by atoms with Crippen LogP contribution in [0.4, 0.5) is 13.2 Å². The third kappa shape index (κ3) is 10.7. The van der Waals surface area contributed by atoms with Gasteiger partial charge in [0.25, 0.3) is 0 Å². The number of aryl methyl sites for hydroxylation is 1. The van der Waals surface area contributed by atoms with Crippen LogP contribution in [0.2, 0.25) is 0 Å². The zero-order valence-corrected chi connectivity index (χ0v) is 16.5. The fourth-order valence-corrected chi connectivity index (χ4v) is 2.80. The third-order valence-corrected chi connectivity index (χ3v) is 4.38. The monoisotopic (exact) mass is 409 g/mol. The number of sulfone groups is 1. The van der Waals surface area contributed by atoms with Gasteiger partial charge in [0.05, 0.1) is 12.3 Å². The third-order valence-electron chi connectivity index (χ3n) is 3.35. The standard InChI is InChI=1S/C17H26F3N3O3S/c1-4-21-16(22-8-5-9-27(3,24)25)23-11-14-7-6-13(2)10-15(14)26-12-17(18,19)20/h6-7,10H,4-5,8-9,11-12H2,1-3H3,(H2,21,22,23). The summed E-state index contributed by atoms with van der Waals surface area (Å²) in [5.74, 6) is 0.657. The molecule has 1 aromatic rings. The molecular weight excluding hydrogens is 383 g/mol. The van der Waals surface area contributed by atoms with Gasteiger partial charge in [0.1, 0.15) is 15.6 Å². The number of nitrogens with zero attached hydrogens (tertiary/aromatic N) is 1. The molecule has 0 spiro atoms. The summed E-state index contributed by atoms with van der Waals surface area (Å²) in [4.78, 5) is 4.34. The molecule has 0 fully saturated rings. The molecule has 0 amide bonds. The number of halogens is 3. The van der Waals surface area contributed by atoms with E-state index in [1.165, 1.54) is 6.26 Å². The Morgan fingerprint density at radius 2 is 1.96 bits per heavy atom. The van der Waals surface area contributed by atoms with Gasteiger partial charge in [-0.05, 0) is 31.9 Å². The van der Waals surface area contributed by atoms with Crippen LogP contribution in [0.15, 0.2) is 23.2 Å². The van der Waals surface area contributed by atoms with Crippen molar-refractivity contribution in [1.82, 2.24) is 10.6 Å². The molecule has 1 aromatic carbocycles. The Labute approximate surface area is 158 Å². The second-order valence-electron chi connectivity index (χ2n) is 6.12. The highest BCUT2D eigenvalue weighted by molar-refractivity contribution is 7.90. The second kappa shape index (κ2) is 10.4. The Kier molecular flexibility index (Phi) is 8.87. The molecule has 0 atom stereocenters. The van der Waals surface area contributed by atoms with Crippen LogP contribution in [0, 0.1) is 6.92 Å². The Morgan fingerprint density at radius 3 is 2.56 bits per heavy atom. The Hall–Kier alpha value is -1.97. The van der Waals surface area contributed by atoms with Gasteiger partial charge in [0, 0.05) is 24.9 Å². The molecule has 10 heteroatoms. The van der Waals surface area contributed by atoms with Gasteiger partial charge in [-0.25, -0.2) is 13.4 Å². The fourth-order valence-electron chi connectivity index (χ4n) is 2.13. The molecule has 1 rings (SSSR count). The number of benzene rings is 1. The molecule has 0 unspecified atom stereocenters. The fraction of sp³-hybridized carbons (Fsp3) is 0.588. The number of alkyl halides is 3. The van der Waals surface area contributed by atoms with Crippen LogP contribution in [0.3, 0.4) is 0 Å². The Morgan fingerprint density at radius 1 is 1.26 bits per heavy atom. The minimum absolute atomic E-state index is 0.0623. The van der Waals surface area contributed by atoms with Gasteiger partial charge in [-0.3, -0.25) is 0 Å². The number of aliphatic imine (C=N–C) groups is 1. The molecule has 0 aliphatic rings. The van der Waals surface area contributed by atoms with Crippen molar-refractivity contribution in [3.8, 4) is 5.75 Å². The van der Waals surface area contributed by atoms with E-state index in [0.717, 1.165) is 5.56 Å². The Bertz CT molecular complexity index is 735. The van der Waals surface area contributed by atoms with Gasteiger partial charge in [-0.15, -0.1) is 0 Å². The van der Waals surface area contributed by atoms with Gasteiger partial charge in [0.2, 0.25) is 0 Å². The van der Waals surface area contributed by atoms with Gasteiger partial charge >= 0.3 is 6.18 Å². The zero-order valence-electron chi connectivity index (χ0n) is 15.7. The summed E-state index contributed by atoms with van der Waals surface area (Å²) in [6, 6.07) is 5.00. The molecule has 0 aromatic heterocycles. The van der Waals surface area contributed by atoms with Crippen molar-refractivity contribution in [2.75, 3.05) is 31.7 Å². The lowest BCUT2D eigenvalue weighted by atomic mass is 10.1. The number of ether oxygens (including phenoxy) is 1.